The van der Waals surface area contributed by atoms with Gasteiger partial charge in [-0.2, -0.15) is 9.57 Å². The molecule has 0 aromatic heterocycles. The van der Waals surface area contributed by atoms with E-state index in [0.29, 0.717) is 12.0 Å². The molecule has 0 aliphatic heterocycles. The summed E-state index contributed by atoms with van der Waals surface area (Å²) in [5, 5.41) is 18.1. The van der Waals surface area contributed by atoms with Crippen molar-refractivity contribution in [2.24, 2.45) is 0 Å². The number of aliphatic hydroxyl groups is 1. The third kappa shape index (κ3) is 3.77. The van der Waals surface area contributed by atoms with Crippen LogP contribution in [0.4, 0.5) is 0 Å². The lowest BCUT2D eigenvalue weighted by Crippen LogP contribution is -2.32. The van der Waals surface area contributed by atoms with Gasteiger partial charge in [-0.3, -0.25) is 0 Å². The fraction of sp³-hybridized carbons (Fsp3) is 0.235. The molecule has 23 heavy (non-hydrogen) atoms. The van der Waals surface area contributed by atoms with Crippen molar-refractivity contribution in [3.05, 3.63) is 65.7 Å². The topological polar surface area (TPSA) is 81.4 Å². The molecule has 2 aromatic rings. The summed E-state index contributed by atoms with van der Waals surface area (Å²) in [4.78, 5) is 0.123. The zero-order valence-corrected chi connectivity index (χ0v) is 13.6. The molecular weight excluding hydrogens is 312 g/mol. The SMILES string of the molecule is CN([C@H](CCO)c1ccccc1)S(=O)(=O)c1ccc(C#N)cc1. The van der Waals surface area contributed by atoms with Crippen molar-refractivity contribution in [3.63, 3.8) is 0 Å². The van der Waals surface area contributed by atoms with Crippen LogP contribution in [0.1, 0.15) is 23.6 Å². The van der Waals surface area contributed by atoms with Gasteiger partial charge in [0.1, 0.15) is 0 Å². The van der Waals surface area contributed by atoms with Crippen molar-refractivity contribution in [1.29, 1.82) is 5.26 Å². The first kappa shape index (κ1) is 17.2. The summed E-state index contributed by atoms with van der Waals surface area (Å²) in [7, 11) is -2.22. The zero-order valence-electron chi connectivity index (χ0n) is 12.8. The summed E-state index contributed by atoms with van der Waals surface area (Å²) < 4.78 is 26.8. The van der Waals surface area contributed by atoms with E-state index in [9.17, 15) is 13.5 Å². The Balaban J connectivity index is 2.37. The third-order valence-electron chi connectivity index (χ3n) is 3.69. The van der Waals surface area contributed by atoms with E-state index >= 15 is 0 Å². The smallest absolute Gasteiger partial charge is 0.243 e. The van der Waals surface area contributed by atoms with Gasteiger partial charge in [-0.1, -0.05) is 30.3 Å². The van der Waals surface area contributed by atoms with Crippen LogP contribution in [0.5, 0.6) is 0 Å². The highest BCUT2D eigenvalue weighted by molar-refractivity contribution is 7.89. The molecule has 0 fully saturated rings. The van der Waals surface area contributed by atoms with E-state index in [2.05, 4.69) is 0 Å². The van der Waals surface area contributed by atoms with E-state index in [1.165, 1.54) is 35.6 Å². The van der Waals surface area contributed by atoms with Gasteiger partial charge in [0, 0.05) is 13.7 Å². The number of nitrogens with zero attached hydrogens (tertiary/aromatic N) is 2. The molecule has 0 unspecified atom stereocenters. The van der Waals surface area contributed by atoms with Gasteiger partial charge in [-0.05, 0) is 36.2 Å². The molecule has 0 amide bonds. The minimum atomic E-state index is -3.72. The van der Waals surface area contributed by atoms with E-state index in [1.54, 1.807) is 0 Å². The van der Waals surface area contributed by atoms with Crippen molar-refractivity contribution in [3.8, 4) is 6.07 Å². The third-order valence-corrected chi connectivity index (χ3v) is 5.57. The second kappa shape index (κ2) is 7.38. The Kier molecular flexibility index (Phi) is 5.50. The first-order valence-electron chi connectivity index (χ1n) is 7.14. The summed E-state index contributed by atoms with van der Waals surface area (Å²) in [5.41, 5.74) is 1.22. The molecule has 1 atom stereocenters. The summed E-state index contributed by atoms with van der Waals surface area (Å²) in [5.74, 6) is 0. The molecule has 6 heteroatoms. The van der Waals surface area contributed by atoms with Gasteiger partial charge in [0.2, 0.25) is 10.0 Å². The van der Waals surface area contributed by atoms with Gasteiger partial charge < -0.3 is 5.11 Å². The Bertz CT molecular complexity index is 781. The van der Waals surface area contributed by atoms with Gasteiger partial charge >= 0.3 is 0 Å². The Hall–Kier alpha value is -2.20. The maximum absolute atomic E-state index is 12.8. The second-order valence-electron chi connectivity index (χ2n) is 5.10. The van der Waals surface area contributed by atoms with Crippen molar-refractivity contribution in [2.75, 3.05) is 13.7 Å². The maximum atomic E-state index is 12.8. The molecular formula is C17H18N2O3S. The molecule has 5 nitrogen and oxygen atoms in total. The van der Waals surface area contributed by atoms with Crippen molar-refractivity contribution in [2.45, 2.75) is 17.4 Å². The van der Waals surface area contributed by atoms with Crippen molar-refractivity contribution < 1.29 is 13.5 Å². The molecule has 0 bridgehead atoms. The van der Waals surface area contributed by atoms with E-state index in [-0.39, 0.29) is 11.5 Å². The fourth-order valence-electron chi connectivity index (χ4n) is 2.39. The van der Waals surface area contributed by atoms with Crippen LogP contribution in [0.3, 0.4) is 0 Å². The molecule has 0 aliphatic carbocycles. The molecule has 0 aliphatic rings. The highest BCUT2D eigenvalue weighted by Crippen LogP contribution is 2.28. The molecule has 0 heterocycles. The van der Waals surface area contributed by atoms with Crippen molar-refractivity contribution in [1.82, 2.24) is 4.31 Å². The summed E-state index contributed by atoms with van der Waals surface area (Å²) in [6.07, 6.45) is 0.302. The van der Waals surface area contributed by atoms with E-state index in [4.69, 9.17) is 5.26 Å². The molecule has 2 aromatic carbocycles. The fourth-order valence-corrected chi connectivity index (χ4v) is 3.77. The van der Waals surface area contributed by atoms with E-state index in [0.717, 1.165) is 5.56 Å². The number of nitriles is 1. The number of rotatable bonds is 6. The zero-order chi connectivity index (χ0) is 16.9. The first-order valence-corrected chi connectivity index (χ1v) is 8.58. The Morgan fingerprint density at radius 3 is 2.26 bits per heavy atom. The quantitative estimate of drug-likeness (QED) is 0.881. The predicted octanol–water partition coefficient (Wildman–Crippen LogP) is 2.30. The molecule has 0 saturated carbocycles. The lowest BCUT2D eigenvalue weighted by molar-refractivity contribution is 0.240. The number of hydrogen-bond acceptors (Lipinski definition) is 4. The molecule has 2 rings (SSSR count). The van der Waals surface area contributed by atoms with Crippen LogP contribution in [-0.2, 0) is 10.0 Å². The average Bonchev–Trinajstić information content (AvgIpc) is 2.60. The normalized spacial score (nSPS) is 12.8. The highest BCUT2D eigenvalue weighted by Gasteiger charge is 2.28. The van der Waals surface area contributed by atoms with Crippen LogP contribution < -0.4 is 0 Å². The Morgan fingerprint density at radius 2 is 1.74 bits per heavy atom. The highest BCUT2D eigenvalue weighted by atomic mass is 32.2. The van der Waals surface area contributed by atoms with Crippen LogP contribution in [0.15, 0.2) is 59.5 Å². The summed E-state index contributed by atoms with van der Waals surface area (Å²) >= 11 is 0. The van der Waals surface area contributed by atoms with Gasteiger partial charge in [-0.15, -0.1) is 0 Å². The number of hydrogen-bond donors (Lipinski definition) is 1. The van der Waals surface area contributed by atoms with Gasteiger partial charge in [0.05, 0.1) is 22.6 Å². The molecule has 0 radical (unpaired) electrons. The van der Waals surface area contributed by atoms with E-state index < -0.39 is 16.1 Å². The monoisotopic (exact) mass is 330 g/mol. The Morgan fingerprint density at radius 1 is 1.13 bits per heavy atom. The Labute approximate surface area is 136 Å². The number of aliphatic hydroxyl groups excluding tert-OH is 1. The summed E-state index contributed by atoms with van der Waals surface area (Å²) in [6.45, 7) is -0.118. The van der Waals surface area contributed by atoms with Crippen LogP contribution in [0.25, 0.3) is 0 Å². The lowest BCUT2D eigenvalue weighted by atomic mass is 10.0. The number of sulfonamides is 1. The summed E-state index contributed by atoms with van der Waals surface area (Å²) in [6, 6.07) is 16.5. The van der Waals surface area contributed by atoms with Crippen LogP contribution in [-0.4, -0.2) is 31.5 Å². The lowest BCUT2D eigenvalue weighted by Gasteiger charge is -2.27. The molecule has 120 valence electrons. The van der Waals surface area contributed by atoms with Crippen LogP contribution >= 0.6 is 0 Å². The van der Waals surface area contributed by atoms with Gasteiger partial charge in [0.15, 0.2) is 0 Å². The van der Waals surface area contributed by atoms with Gasteiger partial charge in [0.25, 0.3) is 0 Å². The molecule has 1 N–H and O–H groups in total. The minimum Gasteiger partial charge on any atom is -0.396 e. The maximum Gasteiger partial charge on any atom is 0.243 e. The molecule has 0 spiro atoms. The minimum absolute atomic E-state index is 0.118. The van der Waals surface area contributed by atoms with Crippen LogP contribution in [0.2, 0.25) is 0 Å². The molecule has 0 saturated heterocycles. The standard InChI is InChI=1S/C17H18N2O3S/c1-19(17(11-12-20)15-5-3-2-4-6-15)23(21,22)16-9-7-14(13-18)8-10-16/h2-10,17,20H,11-12H2,1H3/t17-/m1/s1. The first-order chi connectivity index (χ1) is 11.0. The van der Waals surface area contributed by atoms with Crippen molar-refractivity contribution >= 4 is 10.0 Å². The van der Waals surface area contributed by atoms with E-state index in [1.807, 2.05) is 36.4 Å². The van der Waals surface area contributed by atoms with Crippen LogP contribution in [0, 0.1) is 11.3 Å². The predicted molar refractivity (Wildman–Crippen MR) is 87.0 cm³/mol. The largest absolute Gasteiger partial charge is 0.396 e. The van der Waals surface area contributed by atoms with Gasteiger partial charge in [-0.25, -0.2) is 8.42 Å². The number of benzene rings is 2. The second-order valence-corrected chi connectivity index (χ2v) is 7.09. The average molecular weight is 330 g/mol.